The van der Waals surface area contributed by atoms with Crippen LogP contribution >= 0.6 is 11.3 Å². The Morgan fingerprint density at radius 1 is 1.30 bits per heavy atom. The zero-order chi connectivity index (χ0) is 18.8. The average molecular weight is 381 g/mol. The summed E-state index contributed by atoms with van der Waals surface area (Å²) in [6.07, 6.45) is 2.17. The predicted molar refractivity (Wildman–Crippen MR) is 103 cm³/mol. The zero-order valence-electron chi connectivity index (χ0n) is 14.6. The predicted octanol–water partition coefficient (Wildman–Crippen LogP) is 4.81. The lowest BCUT2D eigenvalue weighted by Crippen LogP contribution is -2.09. The van der Waals surface area contributed by atoms with Gasteiger partial charge in [-0.15, -0.1) is 11.3 Å². The summed E-state index contributed by atoms with van der Waals surface area (Å²) in [5.41, 5.74) is 2.67. The second kappa shape index (κ2) is 7.32. The molecule has 3 aromatic rings. The van der Waals surface area contributed by atoms with Crippen LogP contribution in [0.25, 0.3) is 17.3 Å². The Balaban J connectivity index is 1.53. The van der Waals surface area contributed by atoms with Crippen molar-refractivity contribution in [3.8, 4) is 22.8 Å². The van der Waals surface area contributed by atoms with Gasteiger partial charge in [-0.25, -0.2) is 9.37 Å². The van der Waals surface area contributed by atoms with Gasteiger partial charge in [0.15, 0.2) is 0 Å². The number of aromatic nitrogens is 1. The lowest BCUT2D eigenvalue weighted by molar-refractivity contribution is -0.105. The Hall–Kier alpha value is -2.99. The Morgan fingerprint density at radius 2 is 2.11 bits per heavy atom. The summed E-state index contributed by atoms with van der Waals surface area (Å²) in [6.45, 7) is 2.39. The number of aryl methyl sites for hydroxylation is 1. The Kier molecular flexibility index (Phi) is 4.73. The highest BCUT2D eigenvalue weighted by Gasteiger charge is 2.17. The Morgan fingerprint density at radius 3 is 2.89 bits per heavy atom. The molecule has 0 amide bonds. The van der Waals surface area contributed by atoms with Gasteiger partial charge >= 0.3 is 0 Å². The summed E-state index contributed by atoms with van der Waals surface area (Å²) in [5.74, 6) is 0.251. The molecule has 0 spiro atoms. The van der Waals surface area contributed by atoms with Crippen LogP contribution in [-0.2, 0) is 11.4 Å². The number of fused-ring (bicyclic) bond motifs is 1. The van der Waals surface area contributed by atoms with Crippen molar-refractivity contribution in [2.75, 3.05) is 6.61 Å². The quantitative estimate of drug-likeness (QED) is 0.595. The van der Waals surface area contributed by atoms with Gasteiger partial charge < -0.3 is 9.47 Å². The monoisotopic (exact) mass is 381 g/mol. The average Bonchev–Trinajstić information content (AvgIpc) is 3.07. The molecule has 136 valence electrons. The number of halogens is 1. The highest BCUT2D eigenvalue weighted by Crippen LogP contribution is 2.33. The number of rotatable bonds is 5. The largest absolute Gasteiger partial charge is 0.488 e. The molecule has 6 heteroatoms. The third-order valence-electron chi connectivity index (χ3n) is 4.19. The second-order valence-corrected chi connectivity index (χ2v) is 7.40. The molecule has 27 heavy (non-hydrogen) atoms. The highest BCUT2D eigenvalue weighted by molar-refractivity contribution is 7.12. The molecule has 1 aliphatic heterocycles. The van der Waals surface area contributed by atoms with E-state index in [2.05, 4.69) is 4.98 Å². The van der Waals surface area contributed by atoms with E-state index in [-0.39, 0.29) is 18.8 Å². The van der Waals surface area contributed by atoms with Crippen molar-refractivity contribution < 1.29 is 18.7 Å². The van der Waals surface area contributed by atoms with E-state index < -0.39 is 5.82 Å². The van der Waals surface area contributed by atoms with E-state index in [0.29, 0.717) is 23.4 Å². The summed E-state index contributed by atoms with van der Waals surface area (Å²) in [5, 5.41) is 0.813. The number of nitrogens with zero attached hydrogens (tertiary/aromatic N) is 1. The van der Waals surface area contributed by atoms with Crippen LogP contribution in [0.3, 0.4) is 0 Å². The minimum atomic E-state index is -0.484. The molecule has 2 aromatic carbocycles. The first kappa shape index (κ1) is 17.4. The fourth-order valence-corrected chi connectivity index (χ4v) is 3.76. The van der Waals surface area contributed by atoms with Crippen LogP contribution in [0.2, 0.25) is 0 Å². The van der Waals surface area contributed by atoms with Crippen molar-refractivity contribution in [3.05, 3.63) is 69.3 Å². The van der Waals surface area contributed by atoms with Crippen molar-refractivity contribution in [2.24, 2.45) is 0 Å². The standard InChI is InChI=1S/C21H16FNO3S/c1-13-21(15-5-3-2-4-6-15)23-20(27-13)12-25-16-8-18(22)17-7-14(10-24)11-26-19(17)9-16/h2-10H,11-12H2,1H3. The highest BCUT2D eigenvalue weighted by atomic mass is 32.1. The molecule has 0 fully saturated rings. The maximum absolute atomic E-state index is 14.3. The van der Waals surface area contributed by atoms with Gasteiger partial charge in [-0.2, -0.15) is 0 Å². The van der Waals surface area contributed by atoms with Gasteiger partial charge in [-0.05, 0) is 13.0 Å². The zero-order valence-corrected chi connectivity index (χ0v) is 15.4. The first-order valence-corrected chi connectivity index (χ1v) is 9.22. The molecule has 0 saturated heterocycles. The summed E-state index contributed by atoms with van der Waals surface area (Å²) < 4.78 is 25.5. The van der Waals surface area contributed by atoms with Gasteiger partial charge in [0, 0.05) is 28.1 Å². The van der Waals surface area contributed by atoms with Crippen molar-refractivity contribution in [1.29, 1.82) is 0 Å². The number of benzene rings is 2. The SMILES string of the molecule is Cc1sc(COc2cc(F)c3c(c2)OCC(C=O)=C3)nc1-c1ccccc1. The third-order valence-corrected chi connectivity index (χ3v) is 5.14. The lowest BCUT2D eigenvalue weighted by Gasteiger charge is -2.17. The molecule has 1 aromatic heterocycles. The number of ether oxygens (including phenoxy) is 2. The maximum atomic E-state index is 14.3. The number of hydrogen-bond donors (Lipinski definition) is 0. The first-order chi connectivity index (χ1) is 13.1. The smallest absolute Gasteiger partial charge is 0.149 e. The van der Waals surface area contributed by atoms with E-state index in [1.807, 2.05) is 37.3 Å². The van der Waals surface area contributed by atoms with Crippen molar-refractivity contribution in [3.63, 3.8) is 0 Å². The summed E-state index contributed by atoms with van der Waals surface area (Å²) in [6, 6.07) is 12.9. The minimum absolute atomic E-state index is 0.130. The Labute approximate surface area is 159 Å². The van der Waals surface area contributed by atoms with E-state index >= 15 is 0 Å². The minimum Gasteiger partial charge on any atom is -0.488 e. The fourth-order valence-electron chi connectivity index (χ4n) is 2.89. The molecule has 0 saturated carbocycles. The number of thiazole rings is 1. The van der Waals surface area contributed by atoms with Gasteiger partial charge in [0.05, 0.1) is 11.3 Å². The van der Waals surface area contributed by atoms with E-state index in [1.54, 1.807) is 17.4 Å². The fraction of sp³-hybridized carbons (Fsp3) is 0.143. The molecular weight excluding hydrogens is 365 g/mol. The van der Waals surface area contributed by atoms with Crippen molar-refractivity contribution in [2.45, 2.75) is 13.5 Å². The molecule has 1 aliphatic rings. The van der Waals surface area contributed by atoms with Crippen LogP contribution in [0.5, 0.6) is 11.5 Å². The number of aldehydes is 1. The van der Waals surface area contributed by atoms with Crippen LogP contribution in [0.4, 0.5) is 4.39 Å². The summed E-state index contributed by atoms with van der Waals surface area (Å²) in [4.78, 5) is 16.6. The molecule has 0 bridgehead atoms. The van der Waals surface area contributed by atoms with Gasteiger partial charge in [-0.3, -0.25) is 4.79 Å². The number of carbonyl (C=O) groups is 1. The van der Waals surface area contributed by atoms with Crippen molar-refractivity contribution >= 4 is 23.7 Å². The van der Waals surface area contributed by atoms with Crippen LogP contribution in [0, 0.1) is 12.7 Å². The van der Waals surface area contributed by atoms with E-state index in [0.717, 1.165) is 21.1 Å². The molecule has 0 N–H and O–H groups in total. The molecular formula is C21H16FNO3S. The molecule has 0 atom stereocenters. The molecule has 4 nitrogen and oxygen atoms in total. The molecule has 2 heterocycles. The third kappa shape index (κ3) is 3.61. The maximum Gasteiger partial charge on any atom is 0.149 e. The first-order valence-electron chi connectivity index (χ1n) is 8.40. The number of carbonyl (C=O) groups excluding carboxylic acids is 1. The van der Waals surface area contributed by atoms with Gasteiger partial charge in [0.1, 0.15) is 41.8 Å². The molecule has 0 unspecified atom stereocenters. The molecule has 0 radical (unpaired) electrons. The van der Waals surface area contributed by atoms with Crippen LogP contribution in [-0.4, -0.2) is 17.9 Å². The van der Waals surface area contributed by atoms with Crippen molar-refractivity contribution in [1.82, 2.24) is 4.98 Å². The normalized spacial score (nSPS) is 12.7. The van der Waals surface area contributed by atoms with Crippen LogP contribution in [0.1, 0.15) is 15.4 Å². The van der Waals surface area contributed by atoms with Gasteiger partial charge in [0.25, 0.3) is 0 Å². The van der Waals surface area contributed by atoms with Crippen LogP contribution in [0.15, 0.2) is 48.0 Å². The van der Waals surface area contributed by atoms with Crippen LogP contribution < -0.4 is 9.47 Å². The second-order valence-electron chi connectivity index (χ2n) is 6.11. The number of hydrogen-bond acceptors (Lipinski definition) is 5. The van der Waals surface area contributed by atoms with E-state index in [1.165, 1.54) is 12.1 Å². The molecule has 4 rings (SSSR count). The van der Waals surface area contributed by atoms with E-state index in [4.69, 9.17) is 9.47 Å². The molecule has 0 aliphatic carbocycles. The van der Waals surface area contributed by atoms with E-state index in [9.17, 15) is 9.18 Å². The summed E-state index contributed by atoms with van der Waals surface area (Å²) in [7, 11) is 0. The lowest BCUT2D eigenvalue weighted by atomic mass is 10.1. The summed E-state index contributed by atoms with van der Waals surface area (Å²) >= 11 is 1.56. The van der Waals surface area contributed by atoms with Gasteiger partial charge in [0.2, 0.25) is 0 Å². The van der Waals surface area contributed by atoms with Gasteiger partial charge in [-0.1, -0.05) is 30.3 Å². The Bertz CT molecular complexity index is 1030. The topological polar surface area (TPSA) is 48.4 Å².